The van der Waals surface area contributed by atoms with Crippen molar-refractivity contribution in [3.8, 4) is 5.69 Å². The van der Waals surface area contributed by atoms with Crippen LogP contribution in [0.2, 0.25) is 5.02 Å². The number of β-amino-alcohol motifs (C(OH)–C–C–N with tert-alkyl or cyclic N) is 1. The number of rotatable bonds is 2. The molecule has 7 nitrogen and oxygen atoms in total. The van der Waals surface area contributed by atoms with Crippen LogP contribution in [0.3, 0.4) is 0 Å². The van der Waals surface area contributed by atoms with Crippen molar-refractivity contribution in [1.82, 2.24) is 18.9 Å². The second-order valence-corrected chi connectivity index (χ2v) is 7.12. The van der Waals surface area contributed by atoms with Crippen LogP contribution in [0.5, 0.6) is 0 Å². The summed E-state index contributed by atoms with van der Waals surface area (Å²) in [6.07, 6.45) is 5.63. The minimum Gasteiger partial charge on any atom is -0.391 e. The van der Waals surface area contributed by atoms with E-state index in [4.69, 9.17) is 11.6 Å². The van der Waals surface area contributed by atoms with Crippen LogP contribution in [-0.2, 0) is 0 Å². The van der Waals surface area contributed by atoms with Gasteiger partial charge in [-0.2, -0.15) is 4.98 Å². The summed E-state index contributed by atoms with van der Waals surface area (Å²) in [6, 6.07) is 9.12. The van der Waals surface area contributed by atoms with Crippen LogP contribution in [0.4, 0.5) is 5.82 Å². The topological polar surface area (TPSA) is 75.7 Å². The van der Waals surface area contributed by atoms with Gasteiger partial charge in [0.05, 0.1) is 17.3 Å². The van der Waals surface area contributed by atoms with Crippen molar-refractivity contribution in [2.75, 3.05) is 18.0 Å². The molecule has 8 heteroatoms. The van der Waals surface area contributed by atoms with Crippen molar-refractivity contribution in [2.24, 2.45) is 0 Å². The molecule has 1 aliphatic rings. The van der Waals surface area contributed by atoms with E-state index in [9.17, 15) is 9.90 Å². The smallest absolute Gasteiger partial charge is 0.354 e. The predicted octanol–water partition coefficient (Wildman–Crippen LogP) is 2.26. The van der Waals surface area contributed by atoms with Gasteiger partial charge in [-0.05, 0) is 36.8 Å². The van der Waals surface area contributed by atoms with Crippen molar-refractivity contribution in [3.05, 3.63) is 64.4 Å². The van der Waals surface area contributed by atoms with Gasteiger partial charge in [0.25, 0.3) is 0 Å². The number of aliphatic hydroxyl groups is 1. The zero-order chi connectivity index (χ0) is 18.5. The molecule has 1 N–H and O–H groups in total. The third-order valence-corrected chi connectivity index (χ3v) is 5.16. The van der Waals surface area contributed by atoms with Gasteiger partial charge in [-0.25, -0.2) is 9.78 Å². The highest BCUT2D eigenvalue weighted by atomic mass is 35.5. The molecule has 1 aromatic carbocycles. The Balaban J connectivity index is 1.78. The molecule has 1 fully saturated rings. The molecule has 1 atom stereocenters. The van der Waals surface area contributed by atoms with Crippen LogP contribution in [-0.4, -0.2) is 43.2 Å². The van der Waals surface area contributed by atoms with Crippen LogP contribution in [0.25, 0.3) is 22.2 Å². The van der Waals surface area contributed by atoms with Gasteiger partial charge in [0, 0.05) is 42.1 Å². The summed E-state index contributed by atoms with van der Waals surface area (Å²) in [5.41, 5.74) is 1.77. The number of fused-ring (bicyclic) bond motifs is 2. The molecule has 1 aliphatic heterocycles. The highest BCUT2D eigenvalue weighted by Gasteiger charge is 2.24. The average molecular weight is 382 g/mol. The van der Waals surface area contributed by atoms with E-state index >= 15 is 0 Å². The number of halogens is 1. The Morgan fingerprint density at radius 2 is 2.11 bits per heavy atom. The maximum atomic E-state index is 13.0. The van der Waals surface area contributed by atoms with E-state index in [-0.39, 0.29) is 5.69 Å². The fraction of sp³-hybridized carbons (Fsp3) is 0.211. The molecule has 0 spiro atoms. The normalized spacial score (nSPS) is 17.3. The number of aromatic nitrogens is 4. The van der Waals surface area contributed by atoms with Crippen molar-refractivity contribution in [1.29, 1.82) is 0 Å². The summed E-state index contributed by atoms with van der Waals surface area (Å²) in [5, 5.41) is 11.2. The fourth-order valence-corrected chi connectivity index (χ4v) is 3.81. The van der Waals surface area contributed by atoms with Crippen molar-refractivity contribution >= 4 is 34.0 Å². The Morgan fingerprint density at radius 3 is 2.93 bits per heavy atom. The van der Waals surface area contributed by atoms with Gasteiger partial charge in [0.2, 0.25) is 0 Å². The molecular weight excluding hydrogens is 366 g/mol. The van der Waals surface area contributed by atoms with Crippen LogP contribution < -0.4 is 10.6 Å². The van der Waals surface area contributed by atoms with Gasteiger partial charge in [0.1, 0.15) is 11.5 Å². The third kappa shape index (κ3) is 2.67. The van der Waals surface area contributed by atoms with Crippen LogP contribution in [0.15, 0.2) is 53.7 Å². The van der Waals surface area contributed by atoms with Gasteiger partial charge in [0.15, 0.2) is 0 Å². The Kier molecular flexibility index (Phi) is 3.66. The summed E-state index contributed by atoms with van der Waals surface area (Å²) < 4.78 is 3.40. The largest absolute Gasteiger partial charge is 0.391 e. The van der Waals surface area contributed by atoms with E-state index < -0.39 is 6.10 Å². The minimum atomic E-state index is -0.403. The number of hydrogen-bond donors (Lipinski definition) is 1. The molecule has 1 saturated heterocycles. The summed E-state index contributed by atoms with van der Waals surface area (Å²) in [7, 11) is 0. The Labute approximate surface area is 159 Å². The highest BCUT2D eigenvalue weighted by Crippen LogP contribution is 2.29. The van der Waals surface area contributed by atoms with Gasteiger partial charge in [-0.3, -0.25) is 4.57 Å². The number of imidazole rings is 1. The van der Waals surface area contributed by atoms with E-state index in [0.29, 0.717) is 41.6 Å². The number of nitrogens with zero attached hydrogens (tertiary/aromatic N) is 5. The number of pyridine rings is 1. The average Bonchev–Trinajstić information content (AvgIpc) is 3.29. The van der Waals surface area contributed by atoms with Crippen LogP contribution in [0, 0.1) is 0 Å². The second-order valence-electron chi connectivity index (χ2n) is 6.68. The SMILES string of the molecule is O=c1nc(N2CC[C@@H](O)C2)c2ccc(Cl)cc2n1-c1ccc2nccn2c1. The lowest BCUT2D eigenvalue weighted by molar-refractivity contribution is 0.198. The number of anilines is 1. The summed E-state index contributed by atoms with van der Waals surface area (Å²) in [5.74, 6) is 0.586. The monoisotopic (exact) mass is 381 g/mol. The molecule has 0 amide bonds. The molecule has 0 unspecified atom stereocenters. The quantitative estimate of drug-likeness (QED) is 0.576. The third-order valence-electron chi connectivity index (χ3n) is 4.93. The Morgan fingerprint density at radius 1 is 1.22 bits per heavy atom. The summed E-state index contributed by atoms with van der Waals surface area (Å²) >= 11 is 6.24. The first-order valence-electron chi connectivity index (χ1n) is 8.68. The number of benzene rings is 1. The second kappa shape index (κ2) is 6.07. The predicted molar refractivity (Wildman–Crippen MR) is 104 cm³/mol. The molecule has 3 aromatic heterocycles. The molecule has 27 heavy (non-hydrogen) atoms. The molecule has 4 heterocycles. The summed E-state index contributed by atoms with van der Waals surface area (Å²) in [4.78, 5) is 23.5. The molecule has 0 bridgehead atoms. The first kappa shape index (κ1) is 16.3. The highest BCUT2D eigenvalue weighted by molar-refractivity contribution is 6.31. The van der Waals surface area contributed by atoms with Crippen molar-refractivity contribution in [2.45, 2.75) is 12.5 Å². The van der Waals surface area contributed by atoms with Crippen molar-refractivity contribution in [3.63, 3.8) is 0 Å². The van der Waals surface area contributed by atoms with E-state index in [1.54, 1.807) is 22.9 Å². The molecule has 4 aromatic rings. The van der Waals surface area contributed by atoms with Gasteiger partial charge >= 0.3 is 5.69 Å². The molecule has 5 rings (SSSR count). The lowest BCUT2D eigenvalue weighted by Crippen LogP contribution is -2.29. The maximum Gasteiger partial charge on any atom is 0.354 e. The maximum absolute atomic E-state index is 13.0. The molecule has 0 aliphatic carbocycles. The van der Waals surface area contributed by atoms with Crippen LogP contribution in [0.1, 0.15) is 6.42 Å². The zero-order valence-corrected chi connectivity index (χ0v) is 15.0. The minimum absolute atomic E-state index is 0.388. The molecule has 136 valence electrons. The number of hydrogen-bond acceptors (Lipinski definition) is 5. The number of aliphatic hydroxyl groups excluding tert-OH is 1. The molecule has 0 radical (unpaired) electrons. The van der Waals surface area contributed by atoms with Gasteiger partial charge in [-0.15, -0.1) is 0 Å². The molecular formula is C19H16ClN5O2. The lowest BCUT2D eigenvalue weighted by atomic mass is 10.2. The first-order valence-corrected chi connectivity index (χ1v) is 9.06. The van der Waals surface area contributed by atoms with E-state index in [1.165, 1.54) is 0 Å². The first-order chi connectivity index (χ1) is 13.1. The standard InChI is InChI=1S/C19H16ClN5O2/c20-12-1-3-15-16(9-12)25(13-2-4-17-21-6-8-23(17)10-13)19(27)22-18(15)24-7-5-14(26)11-24/h1-4,6,8-10,14,26H,5,7,11H2/t14-/m1/s1. The van der Waals surface area contributed by atoms with E-state index in [0.717, 1.165) is 11.0 Å². The van der Waals surface area contributed by atoms with E-state index in [2.05, 4.69) is 9.97 Å². The summed E-state index contributed by atoms with van der Waals surface area (Å²) in [6.45, 7) is 1.13. The molecule has 0 saturated carbocycles. The zero-order valence-electron chi connectivity index (χ0n) is 14.3. The Hall–Kier alpha value is -2.90. The van der Waals surface area contributed by atoms with Gasteiger partial charge in [-0.1, -0.05) is 11.6 Å². The van der Waals surface area contributed by atoms with Gasteiger partial charge < -0.3 is 14.4 Å². The Bertz CT molecular complexity index is 1230. The van der Waals surface area contributed by atoms with E-state index in [1.807, 2.05) is 39.9 Å². The fourth-order valence-electron chi connectivity index (χ4n) is 3.65. The van der Waals surface area contributed by atoms with Crippen molar-refractivity contribution < 1.29 is 5.11 Å². The van der Waals surface area contributed by atoms with Crippen LogP contribution >= 0.6 is 11.6 Å². The lowest BCUT2D eigenvalue weighted by Gasteiger charge is -2.20.